The van der Waals surface area contributed by atoms with Crippen molar-refractivity contribution in [2.75, 3.05) is 18.9 Å². The van der Waals surface area contributed by atoms with E-state index in [-0.39, 0.29) is 65.1 Å². The summed E-state index contributed by atoms with van der Waals surface area (Å²) in [6, 6.07) is 5.83. The maximum Gasteiger partial charge on any atom is 0.341 e. The van der Waals surface area contributed by atoms with Crippen LogP contribution in [-0.2, 0) is 41.6 Å². The van der Waals surface area contributed by atoms with Crippen molar-refractivity contribution in [1.29, 1.82) is 0 Å². The van der Waals surface area contributed by atoms with Crippen LogP contribution in [0.1, 0.15) is 127 Å². The third-order valence-electron chi connectivity index (χ3n) is 12.2. The molecule has 11 heteroatoms. The fourth-order valence-corrected chi connectivity index (χ4v) is 10.5. The van der Waals surface area contributed by atoms with E-state index in [1.54, 1.807) is 11.8 Å². The lowest BCUT2D eigenvalue weighted by Crippen LogP contribution is -2.42. The minimum atomic E-state index is -1.02. The second-order valence-corrected chi connectivity index (χ2v) is 17.3. The summed E-state index contributed by atoms with van der Waals surface area (Å²) in [6.45, 7) is 2.32. The number of hydrogen-bond acceptors (Lipinski definition) is 9. The van der Waals surface area contributed by atoms with Crippen molar-refractivity contribution in [3.63, 3.8) is 0 Å². The number of rotatable bonds is 21. The van der Waals surface area contributed by atoms with Crippen LogP contribution >= 0.6 is 11.8 Å². The van der Waals surface area contributed by atoms with Crippen molar-refractivity contribution >= 4 is 41.2 Å². The SMILES string of the molecule is CCCCC[C@H](O)CC[C@@H]1[C@H]2Cc3cccc(OCC(=O)O)c3C[C@H]2C[C@H]1OC(=O)C1CCCCC1C(=O)NCCCCCCSC1CC(=O)CC1=O. The van der Waals surface area contributed by atoms with E-state index in [2.05, 4.69) is 18.3 Å². The van der Waals surface area contributed by atoms with Crippen molar-refractivity contribution in [3.05, 3.63) is 29.3 Å². The van der Waals surface area contributed by atoms with Crippen molar-refractivity contribution in [1.82, 2.24) is 5.32 Å². The topological polar surface area (TPSA) is 156 Å². The Morgan fingerprint density at radius 1 is 0.962 bits per heavy atom. The molecule has 4 aliphatic carbocycles. The molecular weight excluding hydrogens is 695 g/mol. The molecule has 294 valence electrons. The average molecular weight is 756 g/mol. The van der Waals surface area contributed by atoms with Crippen LogP contribution in [0.2, 0.25) is 0 Å². The van der Waals surface area contributed by atoms with Gasteiger partial charge in [-0.15, -0.1) is 0 Å². The molecule has 4 aliphatic rings. The van der Waals surface area contributed by atoms with Crippen molar-refractivity contribution in [2.45, 2.75) is 146 Å². The highest BCUT2D eigenvalue weighted by molar-refractivity contribution is 8.00. The van der Waals surface area contributed by atoms with Gasteiger partial charge in [0, 0.05) is 13.0 Å². The van der Waals surface area contributed by atoms with Crippen LogP contribution in [0.5, 0.6) is 5.75 Å². The van der Waals surface area contributed by atoms with Crippen LogP contribution in [0.4, 0.5) is 0 Å². The average Bonchev–Trinajstić information content (AvgIpc) is 3.65. The largest absolute Gasteiger partial charge is 0.482 e. The Labute approximate surface area is 319 Å². The molecule has 10 nitrogen and oxygen atoms in total. The Kier molecular flexibility index (Phi) is 16.1. The molecule has 0 radical (unpaired) electrons. The molecule has 3 unspecified atom stereocenters. The molecule has 3 fully saturated rings. The molecule has 3 N–H and O–H groups in total. The summed E-state index contributed by atoms with van der Waals surface area (Å²) in [7, 11) is 0. The van der Waals surface area contributed by atoms with Gasteiger partial charge in [-0.05, 0) is 105 Å². The standard InChI is InChI=1S/C42H61NO9S/c1-2-3-6-13-29(44)17-18-31-34-21-27-12-11-16-37(51-26-40(47)48)35(27)22-28(34)23-38(31)52-42(50)33-15-8-7-14-32(33)41(49)43-19-9-4-5-10-20-53-39-25-30(45)24-36(39)46/h11-12,16,28-29,31-34,38-39,44H,2-10,13-15,17-26H2,1H3,(H,43,49)(H,47,48)/t28-,29-,31+,32?,33?,34-,38+,39?/m0/s1. The number of esters is 1. The number of hydrogen-bond donors (Lipinski definition) is 3. The lowest BCUT2D eigenvalue weighted by atomic mass is 9.73. The van der Waals surface area contributed by atoms with Gasteiger partial charge < -0.3 is 25.0 Å². The van der Waals surface area contributed by atoms with E-state index >= 15 is 0 Å². The maximum absolute atomic E-state index is 14.0. The number of carbonyl (C=O) groups excluding carboxylic acids is 4. The molecule has 53 heavy (non-hydrogen) atoms. The molecule has 1 aromatic carbocycles. The highest BCUT2D eigenvalue weighted by Gasteiger charge is 2.48. The highest BCUT2D eigenvalue weighted by atomic mass is 32.2. The summed E-state index contributed by atoms with van der Waals surface area (Å²) < 4.78 is 12.1. The van der Waals surface area contributed by atoms with Gasteiger partial charge in [0.2, 0.25) is 5.91 Å². The lowest BCUT2D eigenvalue weighted by molar-refractivity contribution is -0.162. The number of ketones is 2. The fourth-order valence-electron chi connectivity index (χ4n) is 9.31. The smallest absolute Gasteiger partial charge is 0.341 e. The Morgan fingerprint density at radius 3 is 2.51 bits per heavy atom. The first-order chi connectivity index (χ1) is 25.6. The zero-order chi connectivity index (χ0) is 37.7. The van der Waals surface area contributed by atoms with Gasteiger partial charge in [-0.25, -0.2) is 4.79 Å². The van der Waals surface area contributed by atoms with Crippen LogP contribution in [0, 0.1) is 29.6 Å². The first kappa shape index (κ1) is 41.2. The number of carboxylic acids is 1. The van der Waals surface area contributed by atoms with Crippen LogP contribution in [-0.4, -0.2) is 76.0 Å². The zero-order valence-electron chi connectivity index (χ0n) is 31.6. The molecular formula is C42H61NO9S. The highest BCUT2D eigenvalue weighted by Crippen LogP contribution is 2.50. The number of Topliss-reactive ketones (excluding diaryl/α,β-unsaturated/α-hetero) is 2. The second kappa shape index (κ2) is 20.7. The van der Waals surface area contributed by atoms with Crippen LogP contribution in [0.15, 0.2) is 18.2 Å². The number of aliphatic hydroxyl groups excluding tert-OH is 1. The van der Waals surface area contributed by atoms with Gasteiger partial charge in [0.15, 0.2) is 12.4 Å². The van der Waals surface area contributed by atoms with Crippen LogP contribution < -0.4 is 10.1 Å². The lowest BCUT2D eigenvalue weighted by Gasteiger charge is -2.33. The third-order valence-corrected chi connectivity index (χ3v) is 13.5. The number of thioether (sulfide) groups is 1. The number of nitrogens with one attached hydrogen (secondary N) is 1. The summed E-state index contributed by atoms with van der Waals surface area (Å²) in [4.78, 5) is 62.0. The van der Waals surface area contributed by atoms with Crippen molar-refractivity contribution < 1.29 is 43.7 Å². The molecule has 3 saturated carbocycles. The van der Waals surface area contributed by atoms with E-state index in [4.69, 9.17) is 9.47 Å². The summed E-state index contributed by atoms with van der Waals surface area (Å²) in [5.41, 5.74) is 2.19. The van der Waals surface area contributed by atoms with Crippen LogP contribution in [0.3, 0.4) is 0 Å². The number of carboxylic acid groups (broad SMARTS) is 1. The van der Waals surface area contributed by atoms with E-state index in [0.717, 1.165) is 100 Å². The van der Waals surface area contributed by atoms with E-state index in [1.165, 1.54) is 0 Å². The van der Waals surface area contributed by atoms with Gasteiger partial charge in [-0.2, -0.15) is 11.8 Å². The maximum atomic E-state index is 14.0. The predicted molar refractivity (Wildman–Crippen MR) is 204 cm³/mol. The first-order valence-electron chi connectivity index (χ1n) is 20.4. The monoisotopic (exact) mass is 755 g/mol. The number of fused-ring (bicyclic) bond motifs is 2. The van der Waals surface area contributed by atoms with Gasteiger partial charge in [0.05, 0.1) is 29.6 Å². The zero-order valence-corrected chi connectivity index (χ0v) is 32.4. The molecule has 0 bridgehead atoms. The molecule has 1 aromatic rings. The Bertz CT molecular complexity index is 1420. The molecule has 1 amide bonds. The number of carbonyl (C=O) groups is 5. The molecule has 8 atom stereocenters. The van der Waals surface area contributed by atoms with Gasteiger partial charge >= 0.3 is 11.9 Å². The van der Waals surface area contributed by atoms with E-state index < -0.39 is 24.4 Å². The number of aliphatic carboxylic acids is 1. The summed E-state index contributed by atoms with van der Waals surface area (Å²) >= 11 is 1.59. The van der Waals surface area contributed by atoms with Crippen molar-refractivity contribution in [3.8, 4) is 5.75 Å². The Morgan fingerprint density at radius 2 is 1.75 bits per heavy atom. The molecule has 0 heterocycles. The predicted octanol–water partition coefficient (Wildman–Crippen LogP) is 6.65. The summed E-state index contributed by atoms with van der Waals surface area (Å²) in [6.07, 6.45) is 14.3. The van der Waals surface area contributed by atoms with Crippen molar-refractivity contribution in [2.24, 2.45) is 29.6 Å². The van der Waals surface area contributed by atoms with Gasteiger partial charge in [-0.3, -0.25) is 19.2 Å². The van der Waals surface area contributed by atoms with E-state index in [9.17, 15) is 34.2 Å². The molecule has 0 spiro atoms. The molecule has 5 rings (SSSR count). The Hall–Kier alpha value is -2.92. The minimum absolute atomic E-state index is 0.0506. The van der Waals surface area contributed by atoms with Gasteiger partial charge in [-0.1, -0.05) is 64.0 Å². The first-order valence-corrected chi connectivity index (χ1v) is 21.5. The normalized spacial score (nSPS) is 27.2. The summed E-state index contributed by atoms with van der Waals surface area (Å²) in [5.74, 6) is -0.0315. The second-order valence-electron chi connectivity index (χ2n) is 16.0. The van der Waals surface area contributed by atoms with E-state index in [0.29, 0.717) is 44.4 Å². The fraction of sp³-hybridized carbons (Fsp3) is 0.738. The van der Waals surface area contributed by atoms with E-state index in [1.807, 2.05) is 12.1 Å². The number of unbranched alkanes of at least 4 members (excludes halogenated alkanes) is 5. The minimum Gasteiger partial charge on any atom is -0.482 e. The molecule has 0 saturated heterocycles. The number of benzene rings is 1. The van der Waals surface area contributed by atoms with Crippen LogP contribution in [0.25, 0.3) is 0 Å². The third kappa shape index (κ3) is 11.8. The Balaban J connectivity index is 1.14. The number of aliphatic hydroxyl groups is 1. The number of amides is 1. The van der Waals surface area contributed by atoms with Gasteiger partial charge in [0.25, 0.3) is 0 Å². The molecule has 0 aromatic heterocycles. The van der Waals surface area contributed by atoms with Gasteiger partial charge in [0.1, 0.15) is 17.6 Å². The molecule has 0 aliphatic heterocycles. The number of ether oxygens (including phenoxy) is 2. The quantitative estimate of drug-likeness (QED) is 0.0706. The summed E-state index contributed by atoms with van der Waals surface area (Å²) in [5, 5.41) is 23.0.